The predicted octanol–water partition coefficient (Wildman–Crippen LogP) is 1.42. The van der Waals surface area contributed by atoms with Crippen LogP contribution in [0.25, 0.3) is 5.65 Å². The molecule has 18 heavy (non-hydrogen) atoms. The molecule has 0 aromatic carbocycles. The molecule has 0 bridgehead atoms. The maximum atomic E-state index is 10.8. The number of carboxylic acids is 1. The molecule has 2 heterocycles. The highest BCUT2D eigenvalue weighted by Crippen LogP contribution is 2.26. The van der Waals surface area contributed by atoms with Crippen molar-refractivity contribution in [1.29, 1.82) is 0 Å². The zero-order chi connectivity index (χ0) is 12.7. The molecule has 1 saturated carbocycles. The Balaban J connectivity index is 1.96. The highest BCUT2D eigenvalue weighted by Gasteiger charge is 2.23. The van der Waals surface area contributed by atoms with Crippen molar-refractivity contribution in [1.82, 2.24) is 14.6 Å². The van der Waals surface area contributed by atoms with Gasteiger partial charge >= 0.3 is 5.97 Å². The quantitative estimate of drug-likeness (QED) is 0.886. The van der Waals surface area contributed by atoms with Gasteiger partial charge in [-0.1, -0.05) is 0 Å². The van der Waals surface area contributed by atoms with Crippen molar-refractivity contribution in [3.8, 4) is 0 Å². The van der Waals surface area contributed by atoms with E-state index in [2.05, 4.69) is 15.0 Å². The van der Waals surface area contributed by atoms with E-state index in [4.69, 9.17) is 5.11 Å². The third-order valence-corrected chi connectivity index (χ3v) is 3.51. The fourth-order valence-electron chi connectivity index (χ4n) is 2.12. The summed E-state index contributed by atoms with van der Waals surface area (Å²) in [4.78, 5) is 17.0. The monoisotopic (exact) mass is 246 g/mol. The third-order valence-electron chi connectivity index (χ3n) is 3.51. The molecule has 0 amide bonds. The van der Waals surface area contributed by atoms with Crippen LogP contribution in [0.3, 0.4) is 0 Å². The zero-order valence-corrected chi connectivity index (χ0v) is 10.1. The molecule has 0 saturated heterocycles. The molecule has 1 aliphatic rings. The molecule has 0 radical (unpaired) electrons. The second-order valence-electron chi connectivity index (χ2n) is 4.62. The number of fused-ring (bicyclic) bond motifs is 1. The minimum absolute atomic E-state index is 0.0194. The number of carboxylic acid groups (broad SMARTS) is 1. The average molecular weight is 246 g/mol. The number of aromatic carboxylic acids is 1. The van der Waals surface area contributed by atoms with E-state index in [1.807, 2.05) is 13.1 Å². The van der Waals surface area contributed by atoms with Gasteiger partial charge in [-0.2, -0.15) is 0 Å². The van der Waals surface area contributed by atoms with Crippen LogP contribution in [0.4, 0.5) is 5.82 Å². The molecule has 0 unspecified atom stereocenters. The van der Waals surface area contributed by atoms with Crippen molar-refractivity contribution in [3.63, 3.8) is 0 Å². The van der Waals surface area contributed by atoms with Crippen LogP contribution in [0.2, 0.25) is 0 Å². The summed E-state index contributed by atoms with van der Waals surface area (Å²) in [6.45, 7) is 0. The maximum Gasteiger partial charge on any atom is 0.356 e. The Morgan fingerprint density at radius 1 is 1.50 bits per heavy atom. The van der Waals surface area contributed by atoms with Crippen molar-refractivity contribution >= 4 is 17.4 Å². The van der Waals surface area contributed by atoms with Crippen LogP contribution in [0.1, 0.15) is 29.8 Å². The first kappa shape index (κ1) is 11.0. The lowest BCUT2D eigenvalue weighted by Crippen LogP contribution is -2.37. The number of anilines is 1. The van der Waals surface area contributed by atoms with Gasteiger partial charge in [0.1, 0.15) is 5.82 Å². The average Bonchev–Trinajstić information content (AvgIpc) is 2.69. The Bertz CT molecular complexity index is 603. The summed E-state index contributed by atoms with van der Waals surface area (Å²) < 4.78 is 1.52. The molecule has 6 heteroatoms. The van der Waals surface area contributed by atoms with Gasteiger partial charge in [0, 0.05) is 13.1 Å². The second-order valence-corrected chi connectivity index (χ2v) is 4.62. The van der Waals surface area contributed by atoms with E-state index in [0.717, 1.165) is 5.82 Å². The Hall–Kier alpha value is -2.11. The molecule has 2 aromatic rings. The van der Waals surface area contributed by atoms with Crippen LogP contribution >= 0.6 is 0 Å². The van der Waals surface area contributed by atoms with Crippen molar-refractivity contribution in [2.24, 2.45) is 0 Å². The van der Waals surface area contributed by atoms with E-state index < -0.39 is 5.97 Å². The lowest BCUT2D eigenvalue weighted by Gasteiger charge is -2.35. The van der Waals surface area contributed by atoms with Gasteiger partial charge in [0.05, 0.1) is 6.20 Å². The number of imidazole rings is 1. The molecule has 0 aliphatic heterocycles. The number of carbonyl (C=O) groups is 1. The summed E-state index contributed by atoms with van der Waals surface area (Å²) in [5.74, 6) is -0.184. The number of aromatic nitrogens is 3. The normalized spacial score (nSPS) is 15.6. The lowest BCUT2D eigenvalue weighted by molar-refractivity contribution is 0.0691. The number of hydrogen-bond donors (Lipinski definition) is 1. The molecule has 2 aromatic heterocycles. The van der Waals surface area contributed by atoms with Gasteiger partial charge in [0.2, 0.25) is 0 Å². The Kier molecular flexibility index (Phi) is 2.43. The van der Waals surface area contributed by atoms with E-state index in [-0.39, 0.29) is 5.69 Å². The first-order valence-corrected chi connectivity index (χ1v) is 5.98. The molecule has 6 nitrogen and oxygen atoms in total. The predicted molar refractivity (Wildman–Crippen MR) is 66.0 cm³/mol. The number of hydrogen-bond acceptors (Lipinski definition) is 4. The molecule has 0 spiro atoms. The molecule has 3 rings (SSSR count). The molecule has 1 N–H and O–H groups in total. The highest BCUT2D eigenvalue weighted by molar-refractivity contribution is 5.86. The van der Waals surface area contributed by atoms with Gasteiger partial charge in [0.15, 0.2) is 11.3 Å². The van der Waals surface area contributed by atoms with Crippen LogP contribution in [0.5, 0.6) is 0 Å². The summed E-state index contributed by atoms with van der Waals surface area (Å²) in [5, 5.41) is 13.3. The Morgan fingerprint density at radius 2 is 2.28 bits per heavy atom. The highest BCUT2D eigenvalue weighted by atomic mass is 16.4. The van der Waals surface area contributed by atoms with Gasteiger partial charge in [-0.25, -0.2) is 14.3 Å². The second kappa shape index (κ2) is 3.97. The fraction of sp³-hybridized carbons (Fsp3) is 0.417. The summed E-state index contributed by atoms with van der Waals surface area (Å²) in [7, 11) is 2.02. The van der Waals surface area contributed by atoms with Gasteiger partial charge in [-0.05, 0) is 31.4 Å². The van der Waals surface area contributed by atoms with Crippen LogP contribution in [-0.2, 0) is 0 Å². The molecule has 0 atom stereocenters. The number of rotatable bonds is 3. The topological polar surface area (TPSA) is 70.7 Å². The lowest BCUT2D eigenvalue weighted by atomic mass is 9.92. The van der Waals surface area contributed by atoms with Gasteiger partial charge in [-0.15, -0.1) is 5.10 Å². The molecular weight excluding hydrogens is 232 g/mol. The Morgan fingerprint density at radius 3 is 2.89 bits per heavy atom. The first-order valence-electron chi connectivity index (χ1n) is 5.98. The van der Waals surface area contributed by atoms with Crippen LogP contribution in [0, 0.1) is 0 Å². The molecule has 94 valence electrons. The van der Waals surface area contributed by atoms with Gasteiger partial charge < -0.3 is 10.0 Å². The summed E-state index contributed by atoms with van der Waals surface area (Å²) in [6, 6.07) is 4.23. The largest absolute Gasteiger partial charge is 0.476 e. The van der Waals surface area contributed by atoms with Crippen molar-refractivity contribution < 1.29 is 9.90 Å². The molecule has 1 aliphatic carbocycles. The standard InChI is InChI=1S/C12H14N4O2/c1-15(8-3-2-4-8)11-6-5-10-13-9(12(17)18)7-16(10)14-11/h5-8H,2-4H2,1H3,(H,17,18). The summed E-state index contributed by atoms with van der Waals surface area (Å²) in [5.41, 5.74) is 0.573. The van der Waals surface area contributed by atoms with Crippen LogP contribution in [0.15, 0.2) is 18.3 Å². The van der Waals surface area contributed by atoms with Crippen molar-refractivity contribution in [3.05, 3.63) is 24.0 Å². The van der Waals surface area contributed by atoms with Gasteiger partial charge in [-0.3, -0.25) is 0 Å². The first-order chi connectivity index (χ1) is 8.65. The molecular formula is C12H14N4O2. The SMILES string of the molecule is CN(c1ccc2nc(C(=O)O)cn2n1)C1CCC1. The van der Waals surface area contributed by atoms with E-state index in [0.29, 0.717) is 11.7 Å². The van der Waals surface area contributed by atoms with Gasteiger partial charge in [0.25, 0.3) is 0 Å². The van der Waals surface area contributed by atoms with Crippen LogP contribution < -0.4 is 4.90 Å². The third kappa shape index (κ3) is 1.70. The van der Waals surface area contributed by atoms with E-state index in [1.54, 1.807) is 6.07 Å². The molecule has 1 fully saturated rings. The maximum absolute atomic E-state index is 10.8. The van der Waals surface area contributed by atoms with Crippen LogP contribution in [-0.4, -0.2) is 38.8 Å². The van der Waals surface area contributed by atoms with Crippen molar-refractivity contribution in [2.45, 2.75) is 25.3 Å². The van der Waals surface area contributed by atoms with E-state index in [1.165, 1.54) is 30.0 Å². The fourth-order valence-corrected chi connectivity index (χ4v) is 2.12. The van der Waals surface area contributed by atoms with E-state index >= 15 is 0 Å². The van der Waals surface area contributed by atoms with Crippen molar-refractivity contribution in [2.75, 3.05) is 11.9 Å². The van der Waals surface area contributed by atoms with E-state index in [9.17, 15) is 4.79 Å². The minimum atomic E-state index is -1.03. The summed E-state index contributed by atoms with van der Waals surface area (Å²) >= 11 is 0. The smallest absolute Gasteiger partial charge is 0.356 e. The zero-order valence-electron chi connectivity index (χ0n) is 10.1. The summed E-state index contributed by atoms with van der Waals surface area (Å²) in [6.07, 6.45) is 5.10. The Labute approximate surface area is 104 Å². The number of nitrogens with zero attached hydrogens (tertiary/aromatic N) is 4. The minimum Gasteiger partial charge on any atom is -0.476 e.